The van der Waals surface area contributed by atoms with Gasteiger partial charge < -0.3 is 18.6 Å². The van der Waals surface area contributed by atoms with Crippen molar-refractivity contribution in [3.63, 3.8) is 0 Å². The van der Waals surface area contributed by atoms with E-state index in [0.29, 0.717) is 0 Å². The van der Waals surface area contributed by atoms with E-state index in [9.17, 15) is 0 Å². The van der Waals surface area contributed by atoms with E-state index < -0.39 is 0 Å². The molecule has 0 atom stereocenters. The summed E-state index contributed by atoms with van der Waals surface area (Å²) in [5.41, 5.74) is 20.2. The van der Waals surface area contributed by atoms with E-state index in [1.807, 2.05) is 0 Å². The summed E-state index contributed by atoms with van der Waals surface area (Å²) in [4.78, 5) is 4.75. The highest BCUT2D eigenvalue weighted by atomic mass is 16.3. The van der Waals surface area contributed by atoms with E-state index in [-0.39, 0.29) is 0 Å². The van der Waals surface area contributed by atoms with Gasteiger partial charge in [-0.15, -0.1) is 0 Å². The maximum atomic E-state index is 6.81. The third-order valence-electron chi connectivity index (χ3n) is 12.4. The third kappa shape index (κ3) is 6.37. The van der Waals surface area contributed by atoms with E-state index >= 15 is 0 Å². The average molecular weight is 805 g/mol. The van der Waals surface area contributed by atoms with Crippen molar-refractivity contribution >= 4 is 99.5 Å². The number of benzene rings is 9. The first-order valence-electron chi connectivity index (χ1n) is 21.5. The Kier molecular flexibility index (Phi) is 8.59. The van der Waals surface area contributed by atoms with Crippen LogP contribution in [0, 0.1) is 55.4 Å². The lowest BCUT2D eigenvalue weighted by atomic mass is 10.0. The van der Waals surface area contributed by atoms with Gasteiger partial charge in [0.25, 0.3) is 0 Å². The first-order chi connectivity index (χ1) is 29.9. The topological polar surface area (TPSA) is 32.8 Å². The molecule has 0 aliphatic carbocycles. The summed E-state index contributed by atoms with van der Waals surface area (Å²) in [7, 11) is 0. The maximum absolute atomic E-state index is 6.81. The van der Waals surface area contributed by atoms with Crippen molar-refractivity contribution in [2.45, 2.75) is 55.4 Å². The fourth-order valence-corrected chi connectivity index (χ4v) is 10.1. The third-order valence-corrected chi connectivity index (χ3v) is 12.4. The van der Waals surface area contributed by atoms with E-state index in [4.69, 9.17) is 8.83 Å². The Morgan fingerprint density at radius 3 is 0.855 bits per heavy atom. The summed E-state index contributed by atoms with van der Waals surface area (Å²) < 4.78 is 13.6. The van der Waals surface area contributed by atoms with Crippen molar-refractivity contribution in [3.8, 4) is 0 Å². The second kappa shape index (κ2) is 14.1. The van der Waals surface area contributed by atoms with Crippen LogP contribution in [0.2, 0.25) is 0 Å². The molecule has 0 saturated carbocycles. The molecule has 0 unspecified atom stereocenters. The zero-order valence-electron chi connectivity index (χ0n) is 36.6. The Morgan fingerprint density at radius 1 is 0.258 bits per heavy atom. The van der Waals surface area contributed by atoms with E-state index in [1.54, 1.807) is 0 Å². The molecule has 11 rings (SSSR count). The molecule has 302 valence electrons. The largest absolute Gasteiger partial charge is 0.455 e. The predicted molar refractivity (Wildman–Crippen MR) is 263 cm³/mol. The van der Waals surface area contributed by atoms with Gasteiger partial charge in [0, 0.05) is 66.4 Å². The van der Waals surface area contributed by atoms with Gasteiger partial charge in [-0.05, 0) is 220 Å². The number of rotatable bonds is 6. The van der Waals surface area contributed by atoms with Crippen LogP contribution in [-0.4, -0.2) is 0 Å². The van der Waals surface area contributed by atoms with Gasteiger partial charge in [0.15, 0.2) is 0 Å². The summed E-state index contributed by atoms with van der Waals surface area (Å²) in [6.45, 7) is 17.3. The van der Waals surface area contributed by atoms with Gasteiger partial charge in [-0.25, -0.2) is 0 Å². The smallest absolute Gasteiger partial charge is 0.143 e. The molecule has 0 spiro atoms. The highest BCUT2D eigenvalue weighted by Crippen LogP contribution is 2.44. The Bertz CT molecular complexity index is 3220. The van der Waals surface area contributed by atoms with Crippen LogP contribution in [0.3, 0.4) is 0 Å². The normalized spacial score (nSPS) is 11.9. The minimum absolute atomic E-state index is 0.854. The van der Waals surface area contributed by atoms with Gasteiger partial charge in [-0.1, -0.05) is 36.4 Å². The molecule has 0 aliphatic rings. The predicted octanol–water partition coefficient (Wildman–Crippen LogP) is 17.2. The standard InChI is InChI=1S/C58H48N2O2/c1-33-17-34(2)22-45(21-33)59(46-23-35(3)18-36(4)24-46)43-11-15-49-41(29-43)9-13-51-53-31-56-54(32-55(53)61-57(49)51)52-14-10-42-30-44(12-16-50(42)58(52)62-56)60(47-25-37(5)19-38(6)26-47)48-27-39(7)20-40(8)28-48/h9-32H,1-8H3. The molecule has 0 amide bonds. The lowest BCUT2D eigenvalue weighted by Crippen LogP contribution is -2.11. The zero-order valence-corrected chi connectivity index (χ0v) is 36.6. The van der Waals surface area contributed by atoms with Gasteiger partial charge >= 0.3 is 0 Å². The van der Waals surface area contributed by atoms with Crippen molar-refractivity contribution in [2.75, 3.05) is 9.80 Å². The molecule has 0 aliphatic heterocycles. The molecule has 9 aromatic carbocycles. The van der Waals surface area contributed by atoms with Crippen LogP contribution in [0.4, 0.5) is 34.1 Å². The highest BCUT2D eigenvalue weighted by Gasteiger charge is 2.21. The van der Waals surface area contributed by atoms with Crippen LogP contribution in [0.1, 0.15) is 44.5 Å². The molecule has 62 heavy (non-hydrogen) atoms. The van der Waals surface area contributed by atoms with Gasteiger partial charge in [0.1, 0.15) is 22.3 Å². The van der Waals surface area contributed by atoms with Crippen LogP contribution in [0.5, 0.6) is 0 Å². The van der Waals surface area contributed by atoms with Gasteiger partial charge in [-0.2, -0.15) is 0 Å². The van der Waals surface area contributed by atoms with Crippen molar-refractivity contribution in [3.05, 3.63) is 190 Å². The first-order valence-corrected chi connectivity index (χ1v) is 21.5. The second-order valence-electron chi connectivity index (χ2n) is 17.8. The molecular weight excluding hydrogens is 757 g/mol. The summed E-state index contributed by atoms with van der Waals surface area (Å²) in [5, 5.41) is 8.68. The number of hydrogen-bond donors (Lipinski definition) is 0. The quantitative estimate of drug-likeness (QED) is 0.168. The van der Waals surface area contributed by atoms with Crippen molar-refractivity contribution in [1.82, 2.24) is 0 Å². The van der Waals surface area contributed by atoms with Crippen LogP contribution < -0.4 is 9.80 Å². The Balaban J connectivity index is 1.01. The van der Waals surface area contributed by atoms with E-state index in [0.717, 1.165) is 99.5 Å². The minimum Gasteiger partial charge on any atom is -0.455 e. The molecule has 11 aromatic rings. The molecule has 0 fully saturated rings. The number of furan rings is 2. The summed E-state index contributed by atoms with van der Waals surface area (Å²) in [5.74, 6) is 0. The molecule has 0 bridgehead atoms. The minimum atomic E-state index is 0.854. The number of fused-ring (bicyclic) bond motifs is 10. The monoisotopic (exact) mass is 804 g/mol. The zero-order chi connectivity index (χ0) is 42.6. The molecule has 0 saturated heterocycles. The van der Waals surface area contributed by atoms with E-state index in [2.05, 4.69) is 211 Å². The molecular formula is C58H48N2O2. The number of aryl methyl sites for hydroxylation is 8. The number of anilines is 6. The SMILES string of the molecule is Cc1cc(C)cc(N(c2cc(C)cc(C)c2)c2ccc3c(ccc4c5cc6oc7c8ccc(N(c9cc(C)cc(C)c9)c9cc(C)cc(C)c9)cc8ccc7c6cc5oc34)c2)c1. The number of hydrogen-bond acceptors (Lipinski definition) is 4. The molecule has 0 N–H and O–H groups in total. The summed E-state index contributed by atoms with van der Waals surface area (Å²) in [6, 6.07) is 53.7. The first kappa shape index (κ1) is 37.7. The van der Waals surface area contributed by atoms with Crippen molar-refractivity contribution in [1.29, 1.82) is 0 Å². The van der Waals surface area contributed by atoms with Gasteiger partial charge in [0.2, 0.25) is 0 Å². The molecule has 2 aromatic heterocycles. The van der Waals surface area contributed by atoms with Crippen molar-refractivity contribution < 1.29 is 8.83 Å². The van der Waals surface area contributed by atoms with Gasteiger partial charge in [0.05, 0.1) is 0 Å². The van der Waals surface area contributed by atoms with Crippen LogP contribution in [0.15, 0.2) is 154 Å². The van der Waals surface area contributed by atoms with E-state index in [1.165, 1.54) is 44.5 Å². The Hall–Kier alpha value is -7.30. The lowest BCUT2D eigenvalue weighted by molar-refractivity contribution is 0.667. The fraction of sp³-hybridized carbons (Fsp3) is 0.138. The molecule has 0 radical (unpaired) electrons. The Labute approximate surface area is 362 Å². The van der Waals surface area contributed by atoms with Crippen LogP contribution in [-0.2, 0) is 0 Å². The summed E-state index contributed by atoms with van der Waals surface area (Å²) >= 11 is 0. The number of nitrogens with zero attached hydrogens (tertiary/aromatic N) is 2. The maximum Gasteiger partial charge on any atom is 0.143 e. The van der Waals surface area contributed by atoms with Crippen LogP contribution in [0.25, 0.3) is 65.4 Å². The molecule has 4 heteroatoms. The summed E-state index contributed by atoms with van der Waals surface area (Å²) in [6.07, 6.45) is 0. The average Bonchev–Trinajstić information content (AvgIpc) is 3.76. The second-order valence-corrected chi connectivity index (χ2v) is 17.8. The highest BCUT2D eigenvalue weighted by molar-refractivity contribution is 6.21. The fourth-order valence-electron chi connectivity index (χ4n) is 10.1. The van der Waals surface area contributed by atoms with Crippen LogP contribution >= 0.6 is 0 Å². The molecule has 2 heterocycles. The van der Waals surface area contributed by atoms with Crippen molar-refractivity contribution in [2.24, 2.45) is 0 Å². The van der Waals surface area contributed by atoms with Gasteiger partial charge in [-0.3, -0.25) is 0 Å². The lowest BCUT2D eigenvalue weighted by Gasteiger charge is -2.27. The Morgan fingerprint density at radius 2 is 0.548 bits per heavy atom. The molecule has 4 nitrogen and oxygen atoms in total.